The van der Waals surface area contributed by atoms with Crippen molar-refractivity contribution in [1.29, 1.82) is 0 Å². The number of carboxylic acids is 5. The summed E-state index contributed by atoms with van der Waals surface area (Å²) in [4.78, 5) is 112. The van der Waals surface area contributed by atoms with Crippen LogP contribution in [0.1, 0.15) is 194 Å². The highest BCUT2D eigenvalue weighted by molar-refractivity contribution is 5.79. The molecule has 440 valence electrons. The number of aliphatic carboxylic acids is 5. The topological polar surface area (TPSA) is 311 Å². The van der Waals surface area contributed by atoms with Gasteiger partial charge in [-0.15, -0.1) is 0 Å². The first-order valence-electron chi connectivity index (χ1n) is 28.0. The molecule has 0 aliphatic rings. The third kappa shape index (κ3) is 45.3. The van der Waals surface area contributed by atoms with Crippen LogP contribution in [-0.4, -0.2) is 191 Å². The van der Waals surface area contributed by atoms with Gasteiger partial charge in [0.25, 0.3) is 0 Å². The highest BCUT2D eigenvalue weighted by atomic mass is 16.6. The SMILES string of the molecule is CCCCCCCCCCCCCCCC(=O)OCC(COC(=O)COCCOC(=O)CN(CC(=O)O)C(CN(CCN(CC(=O)O)CC(=O)O)CC(=O)O)C(=O)O)OC(=O)CCCCCCCCCCCCCCC. The number of carbonyl (C=O) groups excluding carboxylic acids is 4. The van der Waals surface area contributed by atoms with Gasteiger partial charge in [-0.2, -0.15) is 0 Å². The number of carbonyl (C=O) groups is 9. The number of ether oxygens (including phenoxy) is 5. The molecule has 22 heteroatoms. The first kappa shape index (κ1) is 71.1. The predicted octanol–water partition coefficient (Wildman–Crippen LogP) is 7.20. The van der Waals surface area contributed by atoms with Gasteiger partial charge in [0.1, 0.15) is 32.5 Å². The molecule has 0 saturated heterocycles. The fraction of sp³-hybridized carbons (Fsp3) is 0.833. The van der Waals surface area contributed by atoms with Crippen LogP contribution < -0.4 is 0 Å². The zero-order valence-corrected chi connectivity index (χ0v) is 45.9. The molecular formula is C54H95N3O19. The predicted molar refractivity (Wildman–Crippen MR) is 281 cm³/mol. The second-order valence-corrected chi connectivity index (χ2v) is 19.5. The lowest BCUT2D eigenvalue weighted by atomic mass is 10.0. The minimum atomic E-state index is -1.80. The fourth-order valence-corrected chi connectivity index (χ4v) is 8.35. The molecule has 2 unspecified atom stereocenters. The van der Waals surface area contributed by atoms with Crippen molar-refractivity contribution in [3.63, 3.8) is 0 Å². The van der Waals surface area contributed by atoms with Crippen LogP contribution >= 0.6 is 0 Å². The number of unbranched alkanes of at least 4 members (excludes halogenated alkanes) is 24. The van der Waals surface area contributed by atoms with Crippen molar-refractivity contribution in [2.24, 2.45) is 0 Å². The Morgan fingerprint density at radius 2 is 0.776 bits per heavy atom. The number of esters is 4. The molecule has 0 bridgehead atoms. The molecule has 76 heavy (non-hydrogen) atoms. The van der Waals surface area contributed by atoms with Crippen molar-refractivity contribution in [1.82, 2.24) is 14.7 Å². The summed E-state index contributed by atoms with van der Waals surface area (Å²) in [6.45, 7) is -3.16. The molecule has 0 heterocycles. The Morgan fingerprint density at radius 3 is 1.20 bits per heavy atom. The molecule has 0 rings (SSSR count). The van der Waals surface area contributed by atoms with Crippen LogP contribution in [0.5, 0.6) is 0 Å². The lowest BCUT2D eigenvalue weighted by molar-refractivity contribution is -0.168. The van der Waals surface area contributed by atoms with Crippen molar-refractivity contribution in [2.45, 2.75) is 206 Å². The maximum atomic E-state index is 12.8. The van der Waals surface area contributed by atoms with E-state index in [0.717, 1.165) is 54.7 Å². The summed E-state index contributed by atoms with van der Waals surface area (Å²) in [5, 5.41) is 47.2. The molecule has 0 spiro atoms. The normalized spacial score (nSPS) is 12.1. The Kier molecular flexibility index (Phi) is 45.3. The van der Waals surface area contributed by atoms with Crippen LogP contribution in [-0.2, 0) is 66.8 Å². The lowest BCUT2D eigenvalue weighted by Gasteiger charge is -2.32. The van der Waals surface area contributed by atoms with Crippen LogP contribution in [0.15, 0.2) is 0 Å². The first-order chi connectivity index (χ1) is 36.5. The molecule has 0 amide bonds. The number of hydrogen-bond acceptors (Lipinski definition) is 17. The molecule has 0 radical (unpaired) electrons. The fourth-order valence-electron chi connectivity index (χ4n) is 8.35. The maximum Gasteiger partial charge on any atom is 0.332 e. The largest absolute Gasteiger partial charge is 0.480 e. The number of carboxylic acid groups (broad SMARTS) is 5. The van der Waals surface area contributed by atoms with E-state index < -0.39 is 125 Å². The second kappa shape index (κ2) is 48.4. The van der Waals surface area contributed by atoms with Gasteiger partial charge in [-0.1, -0.05) is 168 Å². The molecule has 22 nitrogen and oxygen atoms in total. The van der Waals surface area contributed by atoms with Crippen molar-refractivity contribution < 1.29 is 92.4 Å². The van der Waals surface area contributed by atoms with Crippen molar-refractivity contribution in [2.75, 3.05) is 85.4 Å². The second-order valence-electron chi connectivity index (χ2n) is 19.5. The van der Waals surface area contributed by atoms with Crippen molar-refractivity contribution in [3.8, 4) is 0 Å². The lowest BCUT2D eigenvalue weighted by Crippen LogP contribution is -2.54. The van der Waals surface area contributed by atoms with Gasteiger partial charge in [0.2, 0.25) is 0 Å². The standard InChI is InChI=1S/C54H95N3O19/c1-3-5-7-9-11-13-15-17-19-21-23-25-27-29-50(66)74-41-44(76-51(67)30-28-26-24-22-20-18-16-14-12-10-8-6-4-2)42-75-53(69)43-72-33-34-73-52(68)40-57(39-49(64)65)45(54(70)71)35-55(36-46(58)59)31-32-56(37-47(60)61)38-48(62)63/h44-45H,3-43H2,1-2H3,(H,58,59)(H,60,61)(H,62,63)(H,64,65)(H,70,71). The molecule has 2 atom stereocenters. The Bertz CT molecular complexity index is 1600. The number of hydrogen-bond donors (Lipinski definition) is 5. The zero-order valence-electron chi connectivity index (χ0n) is 45.9. The molecule has 5 N–H and O–H groups in total. The van der Waals surface area contributed by atoms with Gasteiger partial charge < -0.3 is 49.2 Å². The van der Waals surface area contributed by atoms with Crippen LogP contribution in [0.4, 0.5) is 0 Å². The van der Waals surface area contributed by atoms with E-state index in [1.54, 1.807) is 0 Å². The van der Waals surface area contributed by atoms with Gasteiger partial charge in [-0.25, -0.2) is 4.79 Å². The molecule has 0 aromatic carbocycles. The van der Waals surface area contributed by atoms with Crippen LogP contribution in [0.25, 0.3) is 0 Å². The Balaban J connectivity index is 5.15. The molecule has 0 fully saturated rings. The highest BCUT2D eigenvalue weighted by Crippen LogP contribution is 2.16. The molecule has 0 aliphatic carbocycles. The summed E-state index contributed by atoms with van der Waals surface area (Å²) in [7, 11) is 0. The summed E-state index contributed by atoms with van der Waals surface area (Å²) in [5.41, 5.74) is 0. The van der Waals surface area contributed by atoms with E-state index in [-0.39, 0.29) is 39.1 Å². The Morgan fingerprint density at radius 1 is 0.395 bits per heavy atom. The molecule has 0 aliphatic heterocycles. The summed E-state index contributed by atoms with van der Waals surface area (Å²) in [6.07, 6.45) is 29.4. The molecule has 0 saturated carbocycles. The van der Waals surface area contributed by atoms with E-state index >= 15 is 0 Å². The van der Waals surface area contributed by atoms with Gasteiger partial charge in [0.15, 0.2) is 6.10 Å². The van der Waals surface area contributed by atoms with Gasteiger partial charge in [0, 0.05) is 32.5 Å². The van der Waals surface area contributed by atoms with E-state index in [4.69, 9.17) is 33.9 Å². The van der Waals surface area contributed by atoms with Gasteiger partial charge >= 0.3 is 53.7 Å². The van der Waals surface area contributed by atoms with Crippen LogP contribution in [0.3, 0.4) is 0 Å². The quantitative estimate of drug-likeness (QED) is 0.0228. The van der Waals surface area contributed by atoms with Crippen LogP contribution in [0.2, 0.25) is 0 Å². The number of rotatable bonds is 55. The first-order valence-corrected chi connectivity index (χ1v) is 28.0. The highest BCUT2D eigenvalue weighted by Gasteiger charge is 2.32. The maximum absolute atomic E-state index is 12.8. The monoisotopic (exact) mass is 1090 g/mol. The Hall–Kier alpha value is -4.93. The van der Waals surface area contributed by atoms with Gasteiger partial charge in [-0.3, -0.25) is 53.1 Å². The Labute approximate surface area is 450 Å². The van der Waals surface area contributed by atoms with Crippen molar-refractivity contribution >= 4 is 53.7 Å². The van der Waals surface area contributed by atoms with Crippen molar-refractivity contribution in [3.05, 3.63) is 0 Å². The molecule has 0 aromatic rings. The molecular weight excluding hydrogens is 995 g/mol. The van der Waals surface area contributed by atoms with E-state index in [9.17, 15) is 58.5 Å². The average Bonchev–Trinajstić information content (AvgIpc) is 3.34. The summed E-state index contributed by atoms with van der Waals surface area (Å²) in [6, 6.07) is -1.80. The zero-order chi connectivity index (χ0) is 56.6. The average molecular weight is 1090 g/mol. The minimum Gasteiger partial charge on any atom is -0.480 e. The number of nitrogens with zero attached hydrogens (tertiary/aromatic N) is 3. The summed E-state index contributed by atoms with van der Waals surface area (Å²) >= 11 is 0. The summed E-state index contributed by atoms with van der Waals surface area (Å²) in [5.74, 6) is -10.3. The van der Waals surface area contributed by atoms with Crippen LogP contribution in [0, 0.1) is 0 Å². The van der Waals surface area contributed by atoms with E-state index in [0.29, 0.717) is 17.7 Å². The van der Waals surface area contributed by atoms with Gasteiger partial charge in [-0.05, 0) is 12.8 Å². The minimum absolute atomic E-state index is 0.149. The van der Waals surface area contributed by atoms with E-state index in [2.05, 4.69) is 13.8 Å². The van der Waals surface area contributed by atoms with E-state index in [1.807, 2.05) is 0 Å². The summed E-state index contributed by atoms with van der Waals surface area (Å²) < 4.78 is 26.6. The van der Waals surface area contributed by atoms with Gasteiger partial charge in [0.05, 0.1) is 39.3 Å². The smallest absolute Gasteiger partial charge is 0.332 e. The third-order valence-electron chi connectivity index (χ3n) is 12.5. The molecule has 0 aromatic heterocycles. The third-order valence-corrected chi connectivity index (χ3v) is 12.5. The van der Waals surface area contributed by atoms with E-state index in [1.165, 1.54) is 109 Å².